The van der Waals surface area contributed by atoms with Gasteiger partial charge >= 0.3 is 5.97 Å². The first kappa shape index (κ1) is 16.7. The van der Waals surface area contributed by atoms with E-state index >= 15 is 0 Å². The van der Waals surface area contributed by atoms with Gasteiger partial charge < -0.3 is 9.84 Å². The molecule has 1 fully saturated rings. The van der Waals surface area contributed by atoms with Crippen LogP contribution >= 0.6 is 11.3 Å². The molecule has 0 radical (unpaired) electrons. The van der Waals surface area contributed by atoms with Crippen molar-refractivity contribution in [3.63, 3.8) is 0 Å². The Morgan fingerprint density at radius 1 is 1.40 bits per heavy atom. The van der Waals surface area contributed by atoms with E-state index in [0.717, 1.165) is 49.5 Å². The zero-order valence-corrected chi connectivity index (χ0v) is 15.1. The van der Waals surface area contributed by atoms with E-state index in [9.17, 15) is 9.90 Å². The van der Waals surface area contributed by atoms with E-state index in [1.807, 2.05) is 19.2 Å². The SMILES string of the molecule is Cc1ccc(CN2CCC3(CC2)OCCc2cc(C(=O)O)sc23)cn1. The van der Waals surface area contributed by atoms with Crippen LogP contribution in [0.4, 0.5) is 0 Å². The molecule has 1 saturated heterocycles. The van der Waals surface area contributed by atoms with Crippen molar-refractivity contribution in [2.75, 3.05) is 19.7 Å². The number of pyridine rings is 1. The molecule has 2 aliphatic heterocycles. The number of aromatic nitrogens is 1. The molecule has 6 heteroatoms. The van der Waals surface area contributed by atoms with Gasteiger partial charge in [0.25, 0.3) is 0 Å². The lowest BCUT2D eigenvalue weighted by molar-refractivity contribution is -0.0960. The van der Waals surface area contributed by atoms with Gasteiger partial charge in [-0.15, -0.1) is 11.3 Å². The zero-order valence-electron chi connectivity index (χ0n) is 14.3. The molecule has 0 atom stereocenters. The maximum absolute atomic E-state index is 11.3. The summed E-state index contributed by atoms with van der Waals surface area (Å²) in [6, 6.07) is 6.04. The van der Waals surface area contributed by atoms with Gasteiger partial charge in [0.2, 0.25) is 0 Å². The minimum atomic E-state index is -0.834. The summed E-state index contributed by atoms with van der Waals surface area (Å²) in [5.41, 5.74) is 3.16. The van der Waals surface area contributed by atoms with Crippen LogP contribution in [-0.2, 0) is 23.3 Å². The molecule has 2 aliphatic rings. The number of rotatable bonds is 3. The largest absolute Gasteiger partial charge is 0.477 e. The summed E-state index contributed by atoms with van der Waals surface area (Å²) >= 11 is 1.40. The Hall–Kier alpha value is -1.76. The standard InChI is InChI=1S/C19H22N2O3S/c1-13-2-3-14(11-20-13)12-21-7-5-19(6-8-21)17-15(4-9-24-19)10-16(25-17)18(22)23/h2-3,10-11H,4-9,12H2,1H3,(H,22,23). The van der Waals surface area contributed by atoms with Crippen molar-refractivity contribution in [2.24, 2.45) is 0 Å². The highest BCUT2D eigenvalue weighted by Crippen LogP contribution is 2.45. The second kappa shape index (κ2) is 6.52. The molecule has 1 spiro atoms. The van der Waals surface area contributed by atoms with E-state index in [1.165, 1.54) is 22.5 Å². The number of likely N-dealkylation sites (tertiary alicyclic amines) is 1. The molecular formula is C19H22N2O3S. The quantitative estimate of drug-likeness (QED) is 0.913. The summed E-state index contributed by atoms with van der Waals surface area (Å²) in [5, 5.41) is 9.30. The number of carboxylic acids is 1. The van der Waals surface area contributed by atoms with Crippen molar-refractivity contribution >= 4 is 17.3 Å². The lowest BCUT2D eigenvalue weighted by atomic mass is 9.85. The van der Waals surface area contributed by atoms with Crippen LogP contribution < -0.4 is 0 Å². The second-order valence-corrected chi connectivity index (χ2v) is 8.00. The van der Waals surface area contributed by atoms with E-state index in [0.29, 0.717) is 11.5 Å². The molecule has 4 heterocycles. The lowest BCUT2D eigenvalue weighted by Gasteiger charge is -2.43. The topological polar surface area (TPSA) is 62.7 Å². The van der Waals surface area contributed by atoms with Gasteiger partial charge in [0.15, 0.2) is 0 Å². The maximum atomic E-state index is 11.3. The molecule has 25 heavy (non-hydrogen) atoms. The van der Waals surface area contributed by atoms with Crippen molar-refractivity contribution in [3.8, 4) is 0 Å². The Bertz CT molecular complexity index is 776. The van der Waals surface area contributed by atoms with Gasteiger partial charge in [-0.1, -0.05) is 6.07 Å². The predicted octanol–water partition coefficient (Wildman–Crippen LogP) is 3.21. The third kappa shape index (κ3) is 3.21. The van der Waals surface area contributed by atoms with Crippen LogP contribution in [-0.4, -0.2) is 40.7 Å². The van der Waals surface area contributed by atoms with E-state index in [4.69, 9.17) is 4.74 Å². The summed E-state index contributed by atoms with van der Waals surface area (Å²) in [7, 11) is 0. The molecule has 5 nitrogen and oxygen atoms in total. The lowest BCUT2D eigenvalue weighted by Crippen LogP contribution is -2.45. The molecular weight excluding hydrogens is 336 g/mol. The van der Waals surface area contributed by atoms with Gasteiger partial charge in [0, 0.05) is 36.4 Å². The highest BCUT2D eigenvalue weighted by Gasteiger charge is 2.42. The first-order valence-corrected chi connectivity index (χ1v) is 9.52. The monoisotopic (exact) mass is 358 g/mol. The smallest absolute Gasteiger partial charge is 0.345 e. The van der Waals surface area contributed by atoms with Gasteiger partial charge in [-0.2, -0.15) is 0 Å². The molecule has 0 aromatic carbocycles. The molecule has 0 amide bonds. The number of carboxylic acid groups (broad SMARTS) is 1. The van der Waals surface area contributed by atoms with Crippen LogP contribution in [0.3, 0.4) is 0 Å². The summed E-state index contributed by atoms with van der Waals surface area (Å²) in [4.78, 5) is 19.7. The number of hydrogen-bond donors (Lipinski definition) is 1. The molecule has 1 N–H and O–H groups in total. The molecule has 2 aromatic rings. The summed E-state index contributed by atoms with van der Waals surface area (Å²) < 4.78 is 6.22. The fourth-order valence-electron chi connectivity index (χ4n) is 3.82. The molecule has 0 bridgehead atoms. The van der Waals surface area contributed by atoms with Crippen LogP contribution in [0.25, 0.3) is 0 Å². The molecule has 0 unspecified atom stereocenters. The number of fused-ring (bicyclic) bond motifs is 2. The van der Waals surface area contributed by atoms with Gasteiger partial charge in [-0.05, 0) is 49.4 Å². The molecule has 0 aliphatic carbocycles. The van der Waals surface area contributed by atoms with Gasteiger partial charge in [0.05, 0.1) is 6.61 Å². The van der Waals surface area contributed by atoms with E-state index in [1.54, 1.807) is 0 Å². The number of aryl methyl sites for hydroxylation is 1. The second-order valence-electron chi connectivity index (χ2n) is 6.95. The summed E-state index contributed by atoms with van der Waals surface area (Å²) in [6.07, 6.45) is 4.60. The van der Waals surface area contributed by atoms with Crippen LogP contribution in [0.15, 0.2) is 24.4 Å². The number of piperidine rings is 1. The molecule has 4 rings (SSSR count). The van der Waals surface area contributed by atoms with E-state index in [-0.39, 0.29) is 5.60 Å². The minimum absolute atomic E-state index is 0.284. The van der Waals surface area contributed by atoms with Crippen LogP contribution in [0.2, 0.25) is 0 Å². The van der Waals surface area contributed by atoms with Gasteiger partial charge in [-0.3, -0.25) is 9.88 Å². The summed E-state index contributed by atoms with van der Waals surface area (Å²) in [5.74, 6) is -0.834. The number of thiophene rings is 1. The number of aromatic carboxylic acids is 1. The number of ether oxygens (including phenoxy) is 1. The van der Waals surface area contributed by atoms with Crippen LogP contribution in [0.1, 0.15) is 44.2 Å². The summed E-state index contributed by atoms with van der Waals surface area (Å²) in [6.45, 7) is 5.49. The minimum Gasteiger partial charge on any atom is -0.477 e. The highest BCUT2D eigenvalue weighted by molar-refractivity contribution is 7.14. The fourth-order valence-corrected chi connectivity index (χ4v) is 5.07. The third-order valence-electron chi connectivity index (χ3n) is 5.23. The number of carbonyl (C=O) groups is 1. The third-order valence-corrected chi connectivity index (χ3v) is 6.58. The molecule has 2 aromatic heterocycles. The van der Waals surface area contributed by atoms with E-state index < -0.39 is 5.97 Å². The van der Waals surface area contributed by atoms with Gasteiger partial charge in [0.1, 0.15) is 10.5 Å². The molecule has 132 valence electrons. The highest BCUT2D eigenvalue weighted by atomic mass is 32.1. The van der Waals surface area contributed by atoms with Crippen molar-refractivity contribution in [3.05, 3.63) is 51.0 Å². The first-order valence-electron chi connectivity index (χ1n) is 8.70. The van der Waals surface area contributed by atoms with Crippen LogP contribution in [0.5, 0.6) is 0 Å². The fraction of sp³-hybridized carbons (Fsp3) is 0.474. The van der Waals surface area contributed by atoms with Crippen LogP contribution in [0, 0.1) is 6.92 Å². The normalized spacial score (nSPS) is 19.7. The Kier molecular flexibility index (Phi) is 4.35. The van der Waals surface area contributed by atoms with Crippen molar-refractivity contribution in [1.82, 2.24) is 9.88 Å². The van der Waals surface area contributed by atoms with Crippen molar-refractivity contribution in [2.45, 2.75) is 38.3 Å². The first-order chi connectivity index (χ1) is 12.1. The Morgan fingerprint density at radius 2 is 2.20 bits per heavy atom. The average Bonchev–Trinajstić information content (AvgIpc) is 3.05. The van der Waals surface area contributed by atoms with Gasteiger partial charge in [-0.25, -0.2) is 4.79 Å². The van der Waals surface area contributed by atoms with Crippen molar-refractivity contribution < 1.29 is 14.6 Å². The zero-order chi connectivity index (χ0) is 17.4. The maximum Gasteiger partial charge on any atom is 0.345 e. The Balaban J connectivity index is 1.48. The van der Waals surface area contributed by atoms with E-state index in [2.05, 4.69) is 22.0 Å². The Labute approximate surface area is 151 Å². The van der Waals surface area contributed by atoms with Crippen molar-refractivity contribution in [1.29, 1.82) is 0 Å². The Morgan fingerprint density at radius 3 is 2.88 bits per heavy atom. The predicted molar refractivity (Wildman–Crippen MR) is 96.1 cm³/mol. The molecule has 0 saturated carbocycles. The average molecular weight is 358 g/mol. The number of nitrogens with zero attached hydrogens (tertiary/aromatic N) is 2. The number of hydrogen-bond acceptors (Lipinski definition) is 5.